The van der Waals surface area contributed by atoms with Gasteiger partial charge in [0, 0.05) is 17.5 Å². The summed E-state index contributed by atoms with van der Waals surface area (Å²) in [5.41, 5.74) is 5.19. The van der Waals surface area contributed by atoms with E-state index in [4.69, 9.17) is 14.5 Å². The summed E-state index contributed by atoms with van der Waals surface area (Å²) in [4.78, 5) is 39.6. The van der Waals surface area contributed by atoms with Gasteiger partial charge in [-0.3, -0.25) is 9.59 Å². The summed E-state index contributed by atoms with van der Waals surface area (Å²) < 4.78 is 12.2. The highest BCUT2D eigenvalue weighted by molar-refractivity contribution is 5.73. The van der Waals surface area contributed by atoms with Gasteiger partial charge >= 0.3 is 5.97 Å². The standard InChI is InChI=1S/C36H33N5O4/c1-4-5-13-32-31(19-25-15-17-26(18-16-25)30-12-8-6-11-28(30)21-37)35(43)41(24(2)40-32)36-38-22-29(23-39-36)45-33-14-9-7-10-27(33)20-34(42)44-3/h6-12,14-18,22-23H,4-5,13,19-20H2,1-3H3. The molecule has 9 nitrogen and oxygen atoms in total. The maximum Gasteiger partial charge on any atom is 0.310 e. The van der Waals surface area contributed by atoms with Crippen LogP contribution >= 0.6 is 0 Å². The molecule has 0 unspecified atom stereocenters. The van der Waals surface area contributed by atoms with Gasteiger partial charge in [0.15, 0.2) is 5.75 Å². The summed E-state index contributed by atoms with van der Waals surface area (Å²) in [7, 11) is 1.34. The van der Waals surface area contributed by atoms with Crippen LogP contribution in [0.3, 0.4) is 0 Å². The Bertz CT molecular complexity index is 1910. The molecular weight excluding hydrogens is 566 g/mol. The number of aryl methyl sites for hydroxylation is 2. The minimum atomic E-state index is -0.376. The summed E-state index contributed by atoms with van der Waals surface area (Å²) in [6.45, 7) is 3.88. The smallest absolute Gasteiger partial charge is 0.310 e. The van der Waals surface area contributed by atoms with Crippen LogP contribution in [0.4, 0.5) is 0 Å². The van der Waals surface area contributed by atoms with Crippen LogP contribution in [-0.4, -0.2) is 32.6 Å². The van der Waals surface area contributed by atoms with Crippen LogP contribution in [0.15, 0.2) is 90.0 Å². The number of methoxy groups -OCH3 is 1. The molecule has 0 radical (unpaired) electrons. The number of aromatic nitrogens is 4. The zero-order valence-corrected chi connectivity index (χ0v) is 25.5. The van der Waals surface area contributed by atoms with Gasteiger partial charge in [0.25, 0.3) is 5.56 Å². The number of nitriles is 1. The van der Waals surface area contributed by atoms with Crippen molar-refractivity contribution in [2.45, 2.75) is 46.0 Å². The van der Waals surface area contributed by atoms with E-state index in [1.54, 1.807) is 31.2 Å². The van der Waals surface area contributed by atoms with Gasteiger partial charge in [-0.05, 0) is 48.6 Å². The fraction of sp³-hybridized carbons (Fsp3) is 0.222. The van der Waals surface area contributed by atoms with Gasteiger partial charge in [-0.25, -0.2) is 19.5 Å². The van der Waals surface area contributed by atoms with Gasteiger partial charge in [-0.15, -0.1) is 0 Å². The molecular formula is C36H33N5O4. The first-order valence-corrected chi connectivity index (χ1v) is 14.8. The van der Waals surface area contributed by atoms with E-state index < -0.39 is 0 Å². The summed E-state index contributed by atoms with van der Waals surface area (Å²) >= 11 is 0. The topological polar surface area (TPSA) is 120 Å². The lowest BCUT2D eigenvalue weighted by Gasteiger charge is -2.15. The molecule has 0 saturated heterocycles. The maximum atomic E-state index is 14.0. The molecule has 9 heteroatoms. The number of esters is 1. The van der Waals surface area contributed by atoms with E-state index in [1.807, 2.05) is 48.5 Å². The molecule has 2 aromatic heterocycles. The van der Waals surface area contributed by atoms with Crippen LogP contribution in [-0.2, 0) is 28.8 Å². The van der Waals surface area contributed by atoms with Gasteiger partial charge < -0.3 is 9.47 Å². The molecule has 5 rings (SSSR count). The molecule has 0 aliphatic rings. The first kappa shape index (κ1) is 30.8. The predicted octanol–water partition coefficient (Wildman–Crippen LogP) is 6.31. The zero-order chi connectivity index (χ0) is 31.8. The second-order valence-corrected chi connectivity index (χ2v) is 10.5. The van der Waals surface area contributed by atoms with E-state index in [0.717, 1.165) is 35.2 Å². The second-order valence-electron chi connectivity index (χ2n) is 10.5. The normalized spacial score (nSPS) is 10.7. The Morgan fingerprint density at radius 2 is 1.69 bits per heavy atom. The molecule has 0 amide bonds. The van der Waals surface area contributed by atoms with Crippen LogP contribution in [0, 0.1) is 18.3 Å². The van der Waals surface area contributed by atoms with Crippen molar-refractivity contribution in [1.29, 1.82) is 5.26 Å². The first-order valence-electron chi connectivity index (χ1n) is 14.8. The molecule has 0 aliphatic heterocycles. The molecule has 3 aromatic carbocycles. The minimum absolute atomic E-state index is 0.0644. The molecule has 2 heterocycles. The Balaban J connectivity index is 1.44. The predicted molar refractivity (Wildman–Crippen MR) is 170 cm³/mol. The number of carbonyl (C=O) groups excluding carboxylic acids is 1. The average Bonchev–Trinajstić information content (AvgIpc) is 3.07. The van der Waals surface area contributed by atoms with E-state index in [2.05, 4.69) is 23.0 Å². The van der Waals surface area contributed by atoms with Crippen LogP contribution in [0.25, 0.3) is 17.1 Å². The molecule has 0 atom stereocenters. The van der Waals surface area contributed by atoms with Crippen molar-refractivity contribution >= 4 is 5.97 Å². The molecule has 5 aromatic rings. The number of hydrogen-bond acceptors (Lipinski definition) is 8. The van der Waals surface area contributed by atoms with Crippen molar-refractivity contribution in [2.24, 2.45) is 0 Å². The van der Waals surface area contributed by atoms with E-state index in [1.165, 1.54) is 24.1 Å². The molecule has 0 bridgehead atoms. The monoisotopic (exact) mass is 599 g/mol. The minimum Gasteiger partial charge on any atom is -0.469 e. The van der Waals surface area contributed by atoms with Crippen molar-refractivity contribution in [2.75, 3.05) is 7.11 Å². The van der Waals surface area contributed by atoms with Crippen molar-refractivity contribution < 1.29 is 14.3 Å². The second kappa shape index (κ2) is 14.2. The van der Waals surface area contributed by atoms with Crippen LogP contribution in [0.1, 0.15) is 53.5 Å². The number of para-hydroxylation sites is 1. The fourth-order valence-corrected chi connectivity index (χ4v) is 5.10. The van der Waals surface area contributed by atoms with Gasteiger partial charge in [0.2, 0.25) is 5.95 Å². The largest absolute Gasteiger partial charge is 0.469 e. The number of rotatable bonds is 11. The lowest BCUT2D eigenvalue weighted by Crippen LogP contribution is -2.29. The van der Waals surface area contributed by atoms with Gasteiger partial charge in [0.1, 0.15) is 11.6 Å². The Kier molecular flexibility index (Phi) is 9.75. The summed E-state index contributed by atoms with van der Waals surface area (Å²) in [5.74, 6) is 1.15. The lowest BCUT2D eigenvalue weighted by atomic mass is 9.97. The molecule has 0 N–H and O–H groups in total. The third kappa shape index (κ3) is 7.13. The van der Waals surface area contributed by atoms with E-state index >= 15 is 0 Å². The SMILES string of the molecule is CCCCc1nc(C)n(-c2ncc(Oc3ccccc3CC(=O)OC)cn2)c(=O)c1Cc1ccc(-c2ccccc2C#N)cc1. The van der Waals surface area contributed by atoms with Crippen molar-refractivity contribution in [3.63, 3.8) is 0 Å². The Morgan fingerprint density at radius 3 is 2.40 bits per heavy atom. The quantitative estimate of drug-likeness (QED) is 0.162. The average molecular weight is 600 g/mol. The van der Waals surface area contributed by atoms with Crippen molar-refractivity contribution in [3.8, 4) is 34.6 Å². The molecule has 0 spiro atoms. The third-order valence-corrected chi connectivity index (χ3v) is 7.47. The number of nitrogens with zero attached hydrogens (tertiary/aromatic N) is 5. The summed E-state index contributed by atoms with van der Waals surface area (Å²) in [5, 5.41) is 9.51. The number of hydrogen-bond donors (Lipinski definition) is 0. The summed E-state index contributed by atoms with van der Waals surface area (Å²) in [6, 6.07) is 24.8. The van der Waals surface area contributed by atoms with Gasteiger partial charge in [-0.2, -0.15) is 5.26 Å². The van der Waals surface area contributed by atoms with Crippen LogP contribution < -0.4 is 10.3 Å². The molecule has 0 fully saturated rings. The van der Waals surface area contributed by atoms with Crippen molar-refractivity contribution in [3.05, 3.63) is 129 Å². The van der Waals surface area contributed by atoms with E-state index in [0.29, 0.717) is 46.9 Å². The highest BCUT2D eigenvalue weighted by atomic mass is 16.5. The zero-order valence-electron chi connectivity index (χ0n) is 25.5. The molecule has 0 saturated carbocycles. The maximum absolute atomic E-state index is 14.0. The van der Waals surface area contributed by atoms with Crippen molar-refractivity contribution in [1.82, 2.24) is 19.5 Å². The van der Waals surface area contributed by atoms with E-state index in [9.17, 15) is 14.9 Å². The van der Waals surface area contributed by atoms with Gasteiger partial charge in [-0.1, -0.05) is 74.0 Å². The molecule has 0 aliphatic carbocycles. The third-order valence-electron chi connectivity index (χ3n) is 7.47. The number of unbranched alkanes of at least 4 members (excludes halogenated alkanes) is 1. The highest BCUT2D eigenvalue weighted by Crippen LogP contribution is 2.26. The van der Waals surface area contributed by atoms with Crippen LogP contribution in [0.2, 0.25) is 0 Å². The van der Waals surface area contributed by atoms with Gasteiger partial charge in [0.05, 0.1) is 43.3 Å². The fourth-order valence-electron chi connectivity index (χ4n) is 5.10. The van der Waals surface area contributed by atoms with E-state index in [-0.39, 0.29) is 23.9 Å². The summed E-state index contributed by atoms with van der Waals surface area (Å²) in [6.07, 6.45) is 6.01. The Hall–Kier alpha value is -5.62. The Morgan fingerprint density at radius 1 is 0.978 bits per heavy atom. The Labute approximate surface area is 261 Å². The molecule has 45 heavy (non-hydrogen) atoms. The number of carbonyl (C=O) groups is 1. The lowest BCUT2D eigenvalue weighted by molar-refractivity contribution is -0.139. The van der Waals surface area contributed by atoms with Crippen LogP contribution in [0.5, 0.6) is 11.5 Å². The number of benzene rings is 3. The highest BCUT2D eigenvalue weighted by Gasteiger charge is 2.18. The first-order chi connectivity index (χ1) is 21.9. The molecule has 226 valence electrons. The number of ether oxygens (including phenoxy) is 2.